The summed E-state index contributed by atoms with van der Waals surface area (Å²) >= 11 is 3.11. The second-order valence-electron chi connectivity index (χ2n) is 6.07. The highest BCUT2D eigenvalue weighted by Crippen LogP contribution is 2.34. The number of amides is 2. The van der Waals surface area contributed by atoms with Crippen molar-refractivity contribution in [3.05, 3.63) is 58.3 Å². The van der Waals surface area contributed by atoms with Crippen molar-refractivity contribution in [2.45, 2.75) is 13.1 Å². The van der Waals surface area contributed by atoms with E-state index in [1.165, 1.54) is 29.2 Å². The van der Waals surface area contributed by atoms with Gasteiger partial charge in [0.15, 0.2) is 0 Å². The third-order valence-electron chi connectivity index (χ3n) is 3.89. The SMILES string of the molecule is CCN(CC(=O)Nc1ccc(Br)cc1F)CC(=O)Nc1ccccc1C(F)(F)F. The lowest BCUT2D eigenvalue weighted by atomic mass is 10.1. The van der Waals surface area contributed by atoms with E-state index in [0.717, 1.165) is 12.1 Å². The molecule has 0 fully saturated rings. The molecule has 0 saturated heterocycles. The molecule has 0 aliphatic rings. The van der Waals surface area contributed by atoms with Gasteiger partial charge in [-0.2, -0.15) is 13.2 Å². The molecule has 10 heteroatoms. The van der Waals surface area contributed by atoms with E-state index in [0.29, 0.717) is 4.47 Å². The average molecular weight is 476 g/mol. The van der Waals surface area contributed by atoms with E-state index in [4.69, 9.17) is 0 Å². The number of hydrogen-bond donors (Lipinski definition) is 2. The van der Waals surface area contributed by atoms with Gasteiger partial charge in [-0.05, 0) is 36.9 Å². The van der Waals surface area contributed by atoms with E-state index in [2.05, 4.69) is 26.6 Å². The van der Waals surface area contributed by atoms with Crippen molar-refractivity contribution >= 4 is 39.1 Å². The summed E-state index contributed by atoms with van der Waals surface area (Å²) in [6.45, 7) is 1.42. The highest BCUT2D eigenvalue weighted by molar-refractivity contribution is 9.10. The Morgan fingerprint density at radius 1 is 1.00 bits per heavy atom. The maximum absolute atomic E-state index is 13.8. The van der Waals surface area contributed by atoms with Crippen molar-refractivity contribution in [3.8, 4) is 0 Å². The van der Waals surface area contributed by atoms with E-state index in [1.54, 1.807) is 13.0 Å². The van der Waals surface area contributed by atoms with E-state index >= 15 is 0 Å². The number of benzene rings is 2. The number of halogens is 5. The van der Waals surface area contributed by atoms with Crippen LogP contribution in [0.15, 0.2) is 46.9 Å². The second kappa shape index (κ2) is 9.84. The number of carbonyl (C=O) groups is 2. The molecule has 0 bridgehead atoms. The van der Waals surface area contributed by atoms with E-state index in [9.17, 15) is 27.2 Å². The first kappa shape index (κ1) is 22.8. The number of nitrogens with one attached hydrogen (secondary N) is 2. The first-order chi connectivity index (χ1) is 13.6. The van der Waals surface area contributed by atoms with Crippen LogP contribution < -0.4 is 10.6 Å². The number of anilines is 2. The van der Waals surface area contributed by atoms with Crippen LogP contribution in [0, 0.1) is 5.82 Å². The largest absolute Gasteiger partial charge is 0.418 e. The van der Waals surface area contributed by atoms with Gasteiger partial charge in [0.25, 0.3) is 0 Å². The summed E-state index contributed by atoms with van der Waals surface area (Å²) in [6.07, 6.45) is -4.61. The lowest BCUT2D eigenvalue weighted by molar-refractivity contribution is -0.137. The molecule has 0 aromatic heterocycles. The lowest BCUT2D eigenvalue weighted by Crippen LogP contribution is -2.39. The minimum absolute atomic E-state index is 0.0159. The van der Waals surface area contributed by atoms with Crippen LogP contribution in [0.2, 0.25) is 0 Å². The number of alkyl halides is 3. The quantitative estimate of drug-likeness (QED) is 0.579. The molecule has 0 unspecified atom stereocenters. The monoisotopic (exact) mass is 475 g/mol. The Kier molecular flexibility index (Phi) is 7.74. The van der Waals surface area contributed by atoms with Crippen LogP contribution in [0.5, 0.6) is 0 Å². The van der Waals surface area contributed by atoms with E-state index in [-0.39, 0.29) is 31.0 Å². The second-order valence-corrected chi connectivity index (χ2v) is 6.98. The molecule has 0 saturated carbocycles. The zero-order valence-electron chi connectivity index (χ0n) is 15.3. The van der Waals surface area contributed by atoms with Gasteiger partial charge in [-0.1, -0.05) is 35.0 Å². The number of rotatable bonds is 7. The predicted octanol–water partition coefficient (Wildman–Crippen LogP) is 4.51. The molecule has 2 N–H and O–H groups in total. The van der Waals surface area contributed by atoms with Crippen molar-refractivity contribution in [2.75, 3.05) is 30.3 Å². The molecule has 2 aromatic carbocycles. The first-order valence-corrected chi connectivity index (χ1v) is 9.32. The maximum atomic E-state index is 13.8. The third-order valence-corrected chi connectivity index (χ3v) is 4.39. The van der Waals surface area contributed by atoms with Gasteiger partial charge in [-0.25, -0.2) is 4.39 Å². The summed E-state index contributed by atoms with van der Waals surface area (Å²) in [5.74, 6) is -1.89. The molecule has 0 aliphatic heterocycles. The van der Waals surface area contributed by atoms with Gasteiger partial charge < -0.3 is 10.6 Å². The summed E-state index contributed by atoms with van der Waals surface area (Å²) in [6, 6.07) is 8.76. The van der Waals surface area contributed by atoms with Crippen molar-refractivity contribution in [1.29, 1.82) is 0 Å². The number of likely N-dealkylation sites (N-methyl/N-ethyl adjacent to an activating group) is 1. The molecule has 0 radical (unpaired) electrons. The Labute approximate surface area is 173 Å². The van der Waals surface area contributed by atoms with E-state index in [1.807, 2.05) is 0 Å². The molecule has 29 heavy (non-hydrogen) atoms. The molecular formula is C19H18BrF4N3O2. The zero-order chi connectivity index (χ0) is 21.6. The van der Waals surface area contributed by atoms with Gasteiger partial charge in [-0.3, -0.25) is 14.5 Å². The fraction of sp³-hybridized carbons (Fsp3) is 0.263. The van der Waals surface area contributed by atoms with Crippen LogP contribution in [0.1, 0.15) is 12.5 Å². The highest BCUT2D eigenvalue weighted by atomic mass is 79.9. The fourth-order valence-electron chi connectivity index (χ4n) is 2.50. The van der Waals surface area contributed by atoms with Crippen LogP contribution in [0.25, 0.3) is 0 Å². The molecule has 0 atom stereocenters. The summed E-state index contributed by atoms with van der Waals surface area (Å²) in [4.78, 5) is 25.7. The van der Waals surface area contributed by atoms with Gasteiger partial charge >= 0.3 is 6.18 Å². The standard InChI is InChI=1S/C19H18BrF4N3O2/c1-2-27(11-18(29)26-16-8-7-12(20)9-14(16)21)10-17(28)25-15-6-4-3-5-13(15)19(22,23)24/h3-9H,2,10-11H2,1H3,(H,25,28)(H,26,29). The van der Waals surface area contributed by atoms with Gasteiger partial charge in [0.05, 0.1) is 30.0 Å². The zero-order valence-corrected chi connectivity index (χ0v) is 16.9. The summed E-state index contributed by atoms with van der Waals surface area (Å²) in [5.41, 5.74) is -1.33. The van der Waals surface area contributed by atoms with Gasteiger partial charge in [0.2, 0.25) is 11.8 Å². The van der Waals surface area contributed by atoms with Gasteiger partial charge in [0, 0.05) is 4.47 Å². The molecule has 0 spiro atoms. The number of para-hydroxylation sites is 1. The van der Waals surface area contributed by atoms with E-state index < -0.39 is 29.4 Å². The normalized spacial score (nSPS) is 11.4. The Hall–Kier alpha value is -2.46. The fourth-order valence-corrected chi connectivity index (χ4v) is 2.83. The minimum atomic E-state index is -4.61. The summed E-state index contributed by atoms with van der Waals surface area (Å²) < 4.78 is 53.4. The molecule has 0 heterocycles. The van der Waals surface area contributed by atoms with Crippen LogP contribution in [-0.2, 0) is 15.8 Å². The molecule has 0 aliphatic carbocycles. The third kappa shape index (κ3) is 6.82. The molecule has 2 aromatic rings. The van der Waals surface area contributed by atoms with Gasteiger partial charge in [0.1, 0.15) is 5.82 Å². The molecule has 5 nitrogen and oxygen atoms in total. The number of carbonyl (C=O) groups excluding carboxylic acids is 2. The van der Waals surface area contributed by atoms with Crippen molar-refractivity contribution < 1.29 is 27.2 Å². The van der Waals surface area contributed by atoms with Crippen molar-refractivity contribution in [2.24, 2.45) is 0 Å². The van der Waals surface area contributed by atoms with Crippen LogP contribution >= 0.6 is 15.9 Å². The topological polar surface area (TPSA) is 61.4 Å². The van der Waals surface area contributed by atoms with Crippen molar-refractivity contribution in [3.63, 3.8) is 0 Å². The Bertz CT molecular complexity index is 890. The smallest absolute Gasteiger partial charge is 0.324 e. The predicted molar refractivity (Wildman–Crippen MR) is 105 cm³/mol. The van der Waals surface area contributed by atoms with Crippen LogP contribution in [-0.4, -0.2) is 36.3 Å². The van der Waals surface area contributed by atoms with Crippen molar-refractivity contribution in [1.82, 2.24) is 4.90 Å². The highest BCUT2D eigenvalue weighted by Gasteiger charge is 2.33. The Balaban J connectivity index is 1.97. The Morgan fingerprint density at radius 2 is 1.59 bits per heavy atom. The maximum Gasteiger partial charge on any atom is 0.418 e. The molecule has 2 amide bonds. The van der Waals surface area contributed by atoms with Crippen LogP contribution in [0.4, 0.5) is 28.9 Å². The lowest BCUT2D eigenvalue weighted by Gasteiger charge is -2.20. The number of hydrogen-bond acceptors (Lipinski definition) is 3. The summed E-state index contributed by atoms with van der Waals surface area (Å²) in [7, 11) is 0. The average Bonchev–Trinajstić information content (AvgIpc) is 2.63. The molecular weight excluding hydrogens is 458 g/mol. The van der Waals surface area contributed by atoms with Crippen LogP contribution in [0.3, 0.4) is 0 Å². The minimum Gasteiger partial charge on any atom is -0.324 e. The molecule has 156 valence electrons. The number of nitrogens with zero attached hydrogens (tertiary/aromatic N) is 1. The van der Waals surface area contributed by atoms with Gasteiger partial charge in [-0.15, -0.1) is 0 Å². The first-order valence-electron chi connectivity index (χ1n) is 8.53. The summed E-state index contributed by atoms with van der Waals surface area (Å²) in [5, 5.41) is 4.62. The molecule has 2 rings (SSSR count). The Morgan fingerprint density at radius 3 is 2.14 bits per heavy atom.